The van der Waals surface area contributed by atoms with Gasteiger partial charge in [0.15, 0.2) is 11.5 Å². The molecule has 1 N–H and O–H groups in total. The summed E-state index contributed by atoms with van der Waals surface area (Å²) in [7, 11) is 1.93. The summed E-state index contributed by atoms with van der Waals surface area (Å²) >= 11 is 0. The van der Waals surface area contributed by atoms with E-state index in [9.17, 15) is 5.21 Å². The fraction of sp³-hybridized carbons (Fsp3) is 0.375. The van der Waals surface area contributed by atoms with Crippen LogP contribution in [0.2, 0.25) is 0 Å². The molecule has 6 heteroatoms. The Kier molecular flexibility index (Phi) is 2.85. The van der Waals surface area contributed by atoms with Crippen LogP contribution in [0.3, 0.4) is 0 Å². The predicted molar refractivity (Wildman–Crippen MR) is 80.6 cm³/mol. The second-order valence-electron chi connectivity index (χ2n) is 5.92. The summed E-state index contributed by atoms with van der Waals surface area (Å²) in [6.07, 6.45) is 1.69. The third-order valence-electron chi connectivity index (χ3n) is 4.30. The van der Waals surface area contributed by atoms with Crippen LogP contribution in [0.25, 0.3) is 11.3 Å². The highest BCUT2D eigenvalue weighted by Crippen LogP contribution is 2.38. The first-order valence-corrected chi connectivity index (χ1v) is 7.34. The average Bonchev–Trinajstić information content (AvgIpc) is 3.10. The Morgan fingerprint density at radius 1 is 1.27 bits per heavy atom. The van der Waals surface area contributed by atoms with E-state index >= 15 is 0 Å². The number of hydrogen-bond acceptors (Lipinski definition) is 5. The number of aromatic nitrogens is 2. The SMILES string of the molecule is C[C@H]1C/C(=N/O)c2c(-c3ccc4c(c3)OCO4)nn(C)c2C1. The quantitative estimate of drug-likeness (QED) is 0.649. The molecular weight excluding hydrogens is 282 g/mol. The number of hydrogen-bond donors (Lipinski definition) is 1. The minimum absolute atomic E-state index is 0.250. The van der Waals surface area contributed by atoms with Crippen molar-refractivity contribution >= 4 is 5.71 Å². The van der Waals surface area contributed by atoms with Crippen LogP contribution in [0.4, 0.5) is 0 Å². The molecule has 1 aromatic heterocycles. The fourth-order valence-electron chi connectivity index (χ4n) is 3.27. The molecule has 0 unspecified atom stereocenters. The Balaban J connectivity index is 1.89. The second-order valence-corrected chi connectivity index (χ2v) is 5.92. The predicted octanol–water partition coefficient (Wildman–Crippen LogP) is 2.58. The Morgan fingerprint density at radius 2 is 2.09 bits per heavy atom. The normalized spacial score (nSPS) is 21.2. The maximum absolute atomic E-state index is 9.40. The van der Waals surface area contributed by atoms with Gasteiger partial charge in [-0.05, 0) is 37.0 Å². The maximum Gasteiger partial charge on any atom is 0.231 e. The van der Waals surface area contributed by atoms with E-state index in [2.05, 4.69) is 17.2 Å². The van der Waals surface area contributed by atoms with Gasteiger partial charge in [0.25, 0.3) is 0 Å². The van der Waals surface area contributed by atoms with Gasteiger partial charge in [-0.3, -0.25) is 4.68 Å². The molecule has 2 aromatic rings. The van der Waals surface area contributed by atoms with Crippen molar-refractivity contribution in [3.05, 3.63) is 29.5 Å². The van der Waals surface area contributed by atoms with Crippen molar-refractivity contribution in [1.82, 2.24) is 9.78 Å². The van der Waals surface area contributed by atoms with Gasteiger partial charge in [-0.15, -0.1) is 0 Å². The van der Waals surface area contributed by atoms with Gasteiger partial charge in [-0.25, -0.2) is 0 Å². The van der Waals surface area contributed by atoms with Crippen LogP contribution >= 0.6 is 0 Å². The van der Waals surface area contributed by atoms with Crippen LogP contribution in [0.15, 0.2) is 23.4 Å². The topological polar surface area (TPSA) is 68.9 Å². The van der Waals surface area contributed by atoms with E-state index in [-0.39, 0.29) is 6.79 Å². The van der Waals surface area contributed by atoms with E-state index < -0.39 is 0 Å². The molecule has 22 heavy (non-hydrogen) atoms. The number of oxime groups is 1. The van der Waals surface area contributed by atoms with Crippen LogP contribution in [-0.2, 0) is 13.5 Å². The molecule has 1 atom stereocenters. The summed E-state index contributed by atoms with van der Waals surface area (Å²) < 4.78 is 12.7. The standard InChI is InChI=1S/C16H17N3O3/c1-9-5-11(18-20)15-12(6-9)19(2)17-16(15)10-3-4-13-14(7-10)22-8-21-13/h3-4,7,9,20H,5-6,8H2,1-2H3/b18-11-/t9-/m0/s1. The van der Waals surface area contributed by atoms with E-state index in [1.165, 1.54) is 0 Å². The zero-order valence-electron chi connectivity index (χ0n) is 12.5. The highest BCUT2D eigenvalue weighted by molar-refractivity contribution is 6.07. The first-order chi connectivity index (χ1) is 10.7. The maximum atomic E-state index is 9.40. The Morgan fingerprint density at radius 3 is 2.91 bits per heavy atom. The highest BCUT2D eigenvalue weighted by atomic mass is 16.7. The molecule has 1 aromatic carbocycles. The van der Waals surface area contributed by atoms with Gasteiger partial charge in [-0.2, -0.15) is 5.10 Å². The number of nitrogens with zero attached hydrogens (tertiary/aromatic N) is 3. The second kappa shape index (κ2) is 4.76. The van der Waals surface area contributed by atoms with E-state index in [1.807, 2.05) is 29.9 Å². The number of ether oxygens (including phenoxy) is 2. The van der Waals surface area contributed by atoms with Crippen LogP contribution < -0.4 is 9.47 Å². The molecule has 0 spiro atoms. The van der Waals surface area contributed by atoms with Crippen molar-refractivity contribution in [2.45, 2.75) is 19.8 Å². The Hall–Kier alpha value is -2.50. The summed E-state index contributed by atoms with van der Waals surface area (Å²) in [5.74, 6) is 1.92. The molecule has 0 fully saturated rings. The van der Waals surface area contributed by atoms with Crippen molar-refractivity contribution in [1.29, 1.82) is 0 Å². The molecule has 0 amide bonds. The Labute approximate surface area is 128 Å². The lowest BCUT2D eigenvalue weighted by Crippen LogP contribution is -2.20. The lowest BCUT2D eigenvalue weighted by atomic mass is 9.85. The lowest BCUT2D eigenvalue weighted by Gasteiger charge is -2.20. The monoisotopic (exact) mass is 299 g/mol. The summed E-state index contributed by atoms with van der Waals surface area (Å²) in [4.78, 5) is 0. The van der Waals surface area contributed by atoms with E-state index in [4.69, 9.17) is 9.47 Å². The summed E-state index contributed by atoms with van der Waals surface area (Å²) in [5, 5.41) is 17.6. The first kappa shape index (κ1) is 13.2. The largest absolute Gasteiger partial charge is 0.454 e. The smallest absolute Gasteiger partial charge is 0.231 e. The number of aryl methyl sites for hydroxylation is 1. The minimum atomic E-state index is 0.250. The molecule has 2 aliphatic rings. The molecule has 6 nitrogen and oxygen atoms in total. The molecule has 1 aliphatic carbocycles. The molecular formula is C16H17N3O3. The number of fused-ring (bicyclic) bond motifs is 2. The molecule has 0 saturated carbocycles. The average molecular weight is 299 g/mol. The van der Waals surface area contributed by atoms with Gasteiger partial charge in [0.05, 0.1) is 5.71 Å². The molecule has 2 heterocycles. The van der Waals surface area contributed by atoms with Crippen LogP contribution in [0.5, 0.6) is 11.5 Å². The van der Waals surface area contributed by atoms with Crippen molar-refractivity contribution in [3.63, 3.8) is 0 Å². The van der Waals surface area contributed by atoms with E-state index in [0.717, 1.165) is 46.9 Å². The van der Waals surface area contributed by atoms with Crippen molar-refractivity contribution < 1.29 is 14.7 Å². The zero-order chi connectivity index (χ0) is 15.3. The van der Waals surface area contributed by atoms with Crippen molar-refractivity contribution in [3.8, 4) is 22.8 Å². The summed E-state index contributed by atoms with van der Waals surface area (Å²) in [6, 6.07) is 5.78. The van der Waals surface area contributed by atoms with Gasteiger partial charge in [0.2, 0.25) is 6.79 Å². The summed E-state index contributed by atoms with van der Waals surface area (Å²) in [6.45, 7) is 2.40. The first-order valence-electron chi connectivity index (χ1n) is 7.34. The van der Waals surface area contributed by atoms with Crippen LogP contribution in [0.1, 0.15) is 24.6 Å². The van der Waals surface area contributed by atoms with Crippen LogP contribution in [-0.4, -0.2) is 27.5 Å². The minimum Gasteiger partial charge on any atom is -0.454 e. The van der Waals surface area contributed by atoms with Gasteiger partial charge in [0.1, 0.15) is 5.69 Å². The fourth-order valence-corrected chi connectivity index (χ4v) is 3.27. The van der Waals surface area contributed by atoms with Crippen molar-refractivity contribution in [2.24, 2.45) is 18.1 Å². The molecule has 0 bridgehead atoms. The van der Waals surface area contributed by atoms with Crippen molar-refractivity contribution in [2.75, 3.05) is 6.79 Å². The summed E-state index contributed by atoms with van der Waals surface area (Å²) in [5.41, 5.74) is 4.53. The highest BCUT2D eigenvalue weighted by Gasteiger charge is 2.29. The third kappa shape index (κ3) is 1.87. The number of rotatable bonds is 1. The molecule has 1 aliphatic heterocycles. The van der Waals surface area contributed by atoms with E-state index in [1.54, 1.807) is 0 Å². The lowest BCUT2D eigenvalue weighted by molar-refractivity contribution is 0.174. The molecule has 0 radical (unpaired) electrons. The van der Waals surface area contributed by atoms with Gasteiger partial charge in [0, 0.05) is 23.9 Å². The van der Waals surface area contributed by atoms with Gasteiger partial charge < -0.3 is 14.7 Å². The molecule has 4 rings (SSSR count). The van der Waals surface area contributed by atoms with Crippen LogP contribution in [0, 0.1) is 5.92 Å². The molecule has 114 valence electrons. The number of benzene rings is 1. The van der Waals surface area contributed by atoms with E-state index in [0.29, 0.717) is 11.6 Å². The zero-order valence-corrected chi connectivity index (χ0v) is 12.5. The Bertz CT molecular complexity index is 779. The van der Waals surface area contributed by atoms with Gasteiger partial charge in [-0.1, -0.05) is 12.1 Å². The van der Waals surface area contributed by atoms with Gasteiger partial charge >= 0.3 is 0 Å². The molecule has 0 saturated heterocycles. The third-order valence-corrected chi connectivity index (χ3v) is 4.30.